The van der Waals surface area contributed by atoms with Crippen molar-refractivity contribution in [1.29, 1.82) is 0 Å². The van der Waals surface area contributed by atoms with E-state index in [4.69, 9.17) is 25.8 Å². The third-order valence-electron chi connectivity index (χ3n) is 3.71. The molecule has 0 radical (unpaired) electrons. The van der Waals surface area contributed by atoms with E-state index < -0.39 is 5.97 Å². The molecule has 2 rings (SSSR count). The van der Waals surface area contributed by atoms with Gasteiger partial charge in [0.15, 0.2) is 5.70 Å². The van der Waals surface area contributed by atoms with Gasteiger partial charge >= 0.3 is 5.97 Å². The average molecular weight is 385 g/mol. The van der Waals surface area contributed by atoms with E-state index in [1.807, 2.05) is 12.1 Å². The van der Waals surface area contributed by atoms with Crippen molar-refractivity contribution in [3.8, 4) is 11.5 Å². The minimum Gasteiger partial charge on any atom is -0.497 e. The Balaban J connectivity index is 2.31. The summed E-state index contributed by atoms with van der Waals surface area (Å²) in [6.45, 7) is 2.01. The van der Waals surface area contributed by atoms with Crippen molar-refractivity contribution >= 4 is 12.3 Å². The Kier molecular flexibility index (Phi) is 7.41. The molecule has 0 aromatic heterocycles. The van der Waals surface area contributed by atoms with E-state index >= 15 is 0 Å². The zero-order chi connectivity index (χ0) is 20.5. The lowest BCUT2D eigenvalue weighted by molar-refractivity contribution is -0.139. The molecule has 0 amide bonds. The van der Waals surface area contributed by atoms with Crippen LogP contribution in [0.4, 0.5) is 0 Å². The highest BCUT2D eigenvalue weighted by Crippen LogP contribution is 2.20. The number of aldehydes is 1. The Bertz CT molecular complexity index is 849. The molecular formula is C20H23N3O5. The molecule has 0 atom stereocenters. The summed E-state index contributed by atoms with van der Waals surface area (Å²) in [7, 11) is 1.58. The van der Waals surface area contributed by atoms with E-state index in [0.29, 0.717) is 23.3 Å². The van der Waals surface area contributed by atoms with Crippen LogP contribution in [0.25, 0.3) is 0 Å². The molecule has 4 N–H and O–H groups in total. The van der Waals surface area contributed by atoms with Gasteiger partial charge in [0, 0.05) is 5.56 Å². The fourth-order valence-electron chi connectivity index (χ4n) is 2.33. The second kappa shape index (κ2) is 9.98. The van der Waals surface area contributed by atoms with Gasteiger partial charge in [-0.2, -0.15) is 0 Å². The summed E-state index contributed by atoms with van der Waals surface area (Å²) < 4.78 is 15.8. The van der Waals surface area contributed by atoms with Gasteiger partial charge < -0.3 is 19.9 Å². The number of rotatable bonds is 9. The lowest BCUT2D eigenvalue weighted by Gasteiger charge is -2.23. The molecule has 0 fully saturated rings. The topological polar surface area (TPSA) is 117 Å². The number of methoxy groups -OCH3 is 1. The predicted molar refractivity (Wildman–Crippen MR) is 103 cm³/mol. The van der Waals surface area contributed by atoms with E-state index in [-0.39, 0.29) is 24.7 Å². The smallest absolute Gasteiger partial charge is 0.359 e. The molecule has 2 aromatic rings. The summed E-state index contributed by atoms with van der Waals surface area (Å²) in [6, 6.07) is 13.6. The van der Waals surface area contributed by atoms with Crippen LogP contribution in [0.3, 0.4) is 0 Å². The van der Waals surface area contributed by atoms with Crippen LogP contribution in [0.5, 0.6) is 11.5 Å². The van der Waals surface area contributed by atoms with Gasteiger partial charge in [0.2, 0.25) is 5.88 Å². The number of hydrogen-bond acceptors (Lipinski definition) is 8. The maximum atomic E-state index is 12.1. The van der Waals surface area contributed by atoms with Crippen LogP contribution < -0.4 is 21.1 Å². The predicted octanol–water partition coefficient (Wildman–Crippen LogP) is 1.95. The lowest BCUT2D eigenvalue weighted by atomic mass is 10.2. The van der Waals surface area contributed by atoms with Gasteiger partial charge in [0.25, 0.3) is 0 Å². The van der Waals surface area contributed by atoms with Crippen LogP contribution in [0, 0.1) is 0 Å². The quantitative estimate of drug-likeness (QED) is 0.168. The van der Waals surface area contributed by atoms with Crippen LogP contribution >= 0.6 is 0 Å². The van der Waals surface area contributed by atoms with Crippen molar-refractivity contribution in [3.63, 3.8) is 0 Å². The molecule has 0 unspecified atom stereocenters. The van der Waals surface area contributed by atoms with Crippen LogP contribution in [-0.2, 0) is 16.1 Å². The zero-order valence-electron chi connectivity index (χ0n) is 15.8. The molecular weight excluding hydrogens is 362 g/mol. The highest BCUT2D eigenvalue weighted by molar-refractivity contribution is 5.87. The van der Waals surface area contributed by atoms with Gasteiger partial charge in [0.05, 0.1) is 20.3 Å². The molecule has 0 aliphatic heterocycles. The number of nitrogens with zero attached hydrogens (tertiary/aromatic N) is 1. The molecule has 0 heterocycles. The third kappa shape index (κ3) is 5.49. The SMILES string of the molecule is CCOC(=O)/C(N)=C(\Oc1cccc(C=O)c1)N(N)Cc1ccc(OC)cc1. The van der Waals surface area contributed by atoms with Gasteiger partial charge in [-0.15, -0.1) is 0 Å². The fourth-order valence-corrected chi connectivity index (χ4v) is 2.33. The zero-order valence-corrected chi connectivity index (χ0v) is 15.8. The van der Waals surface area contributed by atoms with Crippen molar-refractivity contribution in [1.82, 2.24) is 5.01 Å². The molecule has 0 aliphatic rings. The maximum absolute atomic E-state index is 12.1. The highest BCUT2D eigenvalue weighted by atomic mass is 16.5. The lowest BCUT2D eigenvalue weighted by Crippen LogP contribution is -2.36. The number of hydrogen-bond donors (Lipinski definition) is 2. The summed E-state index contributed by atoms with van der Waals surface area (Å²) >= 11 is 0. The van der Waals surface area contributed by atoms with E-state index in [1.54, 1.807) is 44.4 Å². The first-order chi connectivity index (χ1) is 13.5. The number of carbonyl (C=O) groups excluding carboxylic acids is 2. The van der Waals surface area contributed by atoms with Crippen LogP contribution in [0.1, 0.15) is 22.8 Å². The normalized spacial score (nSPS) is 11.2. The molecule has 0 bridgehead atoms. The molecule has 28 heavy (non-hydrogen) atoms. The Morgan fingerprint density at radius 3 is 2.46 bits per heavy atom. The summed E-state index contributed by atoms with van der Waals surface area (Å²) in [5, 5.41) is 1.20. The monoisotopic (exact) mass is 385 g/mol. The van der Waals surface area contributed by atoms with Crippen molar-refractivity contribution < 1.29 is 23.8 Å². The van der Waals surface area contributed by atoms with Crippen molar-refractivity contribution in [2.45, 2.75) is 13.5 Å². The van der Waals surface area contributed by atoms with Crippen LogP contribution in [0.2, 0.25) is 0 Å². The number of nitrogens with two attached hydrogens (primary N) is 2. The summed E-state index contributed by atoms with van der Waals surface area (Å²) in [4.78, 5) is 23.1. The second-order valence-electron chi connectivity index (χ2n) is 5.71. The van der Waals surface area contributed by atoms with Crippen molar-refractivity contribution in [2.75, 3.05) is 13.7 Å². The number of carbonyl (C=O) groups is 2. The largest absolute Gasteiger partial charge is 0.497 e. The van der Waals surface area contributed by atoms with Gasteiger partial charge in [-0.05, 0) is 36.8 Å². The summed E-state index contributed by atoms with van der Waals surface area (Å²) in [5.74, 6) is 6.30. The Hall–Kier alpha value is -3.52. The maximum Gasteiger partial charge on any atom is 0.359 e. The van der Waals surface area contributed by atoms with E-state index in [2.05, 4.69) is 0 Å². The van der Waals surface area contributed by atoms with Crippen LogP contribution in [-0.4, -0.2) is 31.0 Å². The molecule has 2 aromatic carbocycles. The van der Waals surface area contributed by atoms with Gasteiger partial charge in [-0.1, -0.05) is 24.3 Å². The van der Waals surface area contributed by atoms with E-state index in [1.165, 1.54) is 11.1 Å². The van der Waals surface area contributed by atoms with E-state index in [0.717, 1.165) is 5.56 Å². The summed E-state index contributed by atoms with van der Waals surface area (Å²) in [6.07, 6.45) is 0.683. The third-order valence-corrected chi connectivity index (χ3v) is 3.71. The first-order valence-corrected chi connectivity index (χ1v) is 8.53. The number of ether oxygens (including phenoxy) is 3. The fraction of sp³-hybridized carbons (Fsp3) is 0.200. The Labute approximate surface area is 163 Å². The molecule has 0 spiro atoms. The van der Waals surface area contributed by atoms with Gasteiger partial charge in [-0.25, -0.2) is 10.6 Å². The number of hydrazine groups is 1. The summed E-state index contributed by atoms with van der Waals surface area (Å²) in [5.41, 5.74) is 6.90. The molecule has 0 saturated heterocycles. The van der Waals surface area contributed by atoms with Crippen LogP contribution in [0.15, 0.2) is 60.1 Å². The van der Waals surface area contributed by atoms with Gasteiger partial charge in [-0.3, -0.25) is 9.80 Å². The van der Waals surface area contributed by atoms with Crippen molar-refractivity contribution in [2.24, 2.45) is 11.6 Å². The molecule has 148 valence electrons. The Morgan fingerprint density at radius 2 is 1.86 bits per heavy atom. The first kappa shape index (κ1) is 20.8. The standard InChI is InChI=1S/C20H23N3O5/c1-3-27-20(25)18(21)19(28-17-6-4-5-15(11-17)13-24)23(22)12-14-7-9-16(26-2)10-8-14/h4-11,13H,3,12,21-22H2,1-2H3/b19-18+. The van der Waals surface area contributed by atoms with E-state index in [9.17, 15) is 9.59 Å². The van der Waals surface area contributed by atoms with Crippen molar-refractivity contribution in [3.05, 3.63) is 71.2 Å². The molecule has 0 aliphatic carbocycles. The minimum atomic E-state index is -0.755. The average Bonchev–Trinajstić information content (AvgIpc) is 2.72. The van der Waals surface area contributed by atoms with Gasteiger partial charge in [0.1, 0.15) is 17.8 Å². The molecule has 8 heteroatoms. The first-order valence-electron chi connectivity index (χ1n) is 8.53. The number of benzene rings is 2. The molecule has 8 nitrogen and oxygen atoms in total. The molecule has 0 saturated carbocycles. The number of esters is 1. The minimum absolute atomic E-state index is 0.0858. The second-order valence-corrected chi connectivity index (χ2v) is 5.71. The highest BCUT2D eigenvalue weighted by Gasteiger charge is 2.20. The Morgan fingerprint density at radius 1 is 1.14 bits per heavy atom.